The van der Waals surface area contributed by atoms with E-state index in [4.69, 9.17) is 86.8 Å². The van der Waals surface area contributed by atoms with Crippen molar-refractivity contribution in [3.05, 3.63) is 0 Å². The molecule has 0 unspecified atom stereocenters. The summed E-state index contributed by atoms with van der Waals surface area (Å²) in [6.45, 7) is 10.0. The molecule has 29 nitrogen and oxygen atoms in total. The molecule has 0 aliphatic heterocycles. The van der Waals surface area contributed by atoms with Crippen LogP contribution < -0.4 is 66.3 Å². The van der Waals surface area contributed by atoms with Crippen LogP contribution in [0.1, 0.15) is 116 Å². The Morgan fingerprint density at radius 2 is 0.619 bits per heavy atom. The van der Waals surface area contributed by atoms with E-state index in [0.29, 0.717) is 190 Å². The number of ether oxygens (including phenoxy) is 9. The first-order valence-corrected chi connectivity index (χ1v) is 30.5. The van der Waals surface area contributed by atoms with Gasteiger partial charge in [-0.1, -0.05) is 25.7 Å². The Kier molecular flexibility index (Phi) is 59.3. The van der Waals surface area contributed by atoms with E-state index in [1.165, 1.54) is 0 Å². The molecule has 0 fully saturated rings. The summed E-state index contributed by atoms with van der Waals surface area (Å²) in [5, 5.41) is 16.8. The molecule has 0 aromatic carbocycles. The highest BCUT2D eigenvalue weighted by Crippen LogP contribution is 2.07. The summed E-state index contributed by atoms with van der Waals surface area (Å²) in [6.07, 6.45) is 11.2. The van der Waals surface area contributed by atoms with Crippen molar-refractivity contribution < 1.29 is 81.2 Å². The van der Waals surface area contributed by atoms with Crippen molar-refractivity contribution in [1.29, 1.82) is 0 Å². The summed E-state index contributed by atoms with van der Waals surface area (Å²) in [5.41, 5.74) is 34.2. The molecule has 0 aliphatic carbocycles. The van der Waals surface area contributed by atoms with E-state index in [1.807, 2.05) is 0 Å². The molecule has 0 aromatic heterocycles. The van der Waals surface area contributed by atoms with Crippen molar-refractivity contribution >= 4 is 35.4 Å². The molecule has 0 aliphatic rings. The second-order valence-corrected chi connectivity index (χ2v) is 19.5. The van der Waals surface area contributed by atoms with Crippen molar-refractivity contribution in [1.82, 2.24) is 31.9 Å². The van der Waals surface area contributed by atoms with Gasteiger partial charge in [0.2, 0.25) is 35.4 Å². The minimum Gasteiger partial charge on any atom is -0.379 e. The Morgan fingerprint density at radius 3 is 1.06 bits per heavy atom. The first-order valence-electron chi connectivity index (χ1n) is 30.5. The molecule has 84 heavy (non-hydrogen) atoms. The molecule has 6 amide bonds. The molecule has 0 bridgehead atoms. The third-order valence-corrected chi connectivity index (χ3v) is 12.2. The average Bonchev–Trinajstić information content (AvgIpc) is 3.56. The van der Waals surface area contributed by atoms with Gasteiger partial charge in [-0.15, -0.1) is 0 Å². The van der Waals surface area contributed by atoms with Gasteiger partial charge in [0, 0.05) is 45.9 Å². The van der Waals surface area contributed by atoms with Crippen molar-refractivity contribution in [3.63, 3.8) is 0 Å². The van der Waals surface area contributed by atoms with Gasteiger partial charge in [0.15, 0.2) is 0 Å². The van der Waals surface area contributed by atoms with Crippen LogP contribution in [0.15, 0.2) is 0 Å². The van der Waals surface area contributed by atoms with E-state index in [-0.39, 0.29) is 88.0 Å². The topological polar surface area (TPSA) is 432 Å². The lowest BCUT2D eigenvalue weighted by Gasteiger charge is -2.21. The molecule has 29 heteroatoms. The third-order valence-electron chi connectivity index (χ3n) is 12.2. The molecular weight excluding hydrogens is 1100 g/mol. The highest BCUT2D eigenvalue weighted by atomic mass is 17.2. The molecule has 0 rings (SSSR count). The van der Waals surface area contributed by atoms with Crippen LogP contribution in [0.3, 0.4) is 0 Å². The summed E-state index contributed by atoms with van der Waals surface area (Å²) in [6, 6.07) is -2.78. The average molecular weight is 1210 g/mol. The fourth-order valence-corrected chi connectivity index (χ4v) is 7.38. The second kappa shape index (κ2) is 62.2. The Labute approximate surface area is 499 Å². The summed E-state index contributed by atoms with van der Waals surface area (Å²) in [5.74, 6) is -1.58. The fraction of sp³-hybridized carbons (Fsp3) is 0.891. The Morgan fingerprint density at radius 1 is 0.298 bits per heavy atom. The van der Waals surface area contributed by atoms with E-state index in [2.05, 4.69) is 31.9 Å². The normalized spacial score (nSPS) is 12.8. The molecule has 0 saturated carbocycles. The number of carbonyl (C=O) groups is 6. The minimum absolute atomic E-state index is 0.0368. The van der Waals surface area contributed by atoms with Crippen LogP contribution in [0.4, 0.5) is 0 Å². The summed E-state index contributed by atoms with van der Waals surface area (Å²) in [7, 11) is 0. The Hall–Kier alpha value is -3.86. The Bertz CT molecular complexity index is 1570. The minimum atomic E-state index is -0.735. The molecule has 0 aromatic rings. The number of hydrogen-bond donors (Lipinski definition) is 12. The van der Waals surface area contributed by atoms with E-state index in [9.17, 15) is 28.8 Å². The largest absolute Gasteiger partial charge is 0.379 e. The highest BCUT2D eigenvalue weighted by molar-refractivity contribution is 5.90. The number of nitrogens with one attached hydrogen (secondary N) is 6. The lowest BCUT2D eigenvalue weighted by Crippen LogP contribution is -2.51. The van der Waals surface area contributed by atoms with Crippen LogP contribution in [0.25, 0.3) is 0 Å². The summed E-state index contributed by atoms with van der Waals surface area (Å²) in [4.78, 5) is 84.9. The van der Waals surface area contributed by atoms with Crippen LogP contribution in [0.2, 0.25) is 0 Å². The van der Waals surface area contributed by atoms with Gasteiger partial charge in [0.25, 0.3) is 0 Å². The molecule has 494 valence electrons. The van der Waals surface area contributed by atoms with Crippen molar-refractivity contribution in [2.24, 2.45) is 34.4 Å². The lowest BCUT2D eigenvalue weighted by atomic mass is 10.1. The van der Waals surface area contributed by atoms with Gasteiger partial charge >= 0.3 is 0 Å². The molecule has 0 spiro atoms. The second-order valence-electron chi connectivity index (χ2n) is 19.5. The third kappa shape index (κ3) is 53.6. The van der Waals surface area contributed by atoms with E-state index < -0.39 is 24.2 Å². The van der Waals surface area contributed by atoms with Gasteiger partial charge in [0.1, 0.15) is 25.4 Å². The van der Waals surface area contributed by atoms with Crippen LogP contribution in [-0.4, -0.2) is 238 Å². The van der Waals surface area contributed by atoms with Crippen LogP contribution in [0, 0.1) is 0 Å². The van der Waals surface area contributed by atoms with Gasteiger partial charge in [0.05, 0.1) is 118 Å². The quantitative estimate of drug-likeness (QED) is 0.0135. The van der Waals surface area contributed by atoms with Gasteiger partial charge in [-0.2, -0.15) is 0 Å². The number of rotatable bonds is 65. The Balaban J connectivity index is 3.59. The molecular formula is C55H112N12O17. The summed E-state index contributed by atoms with van der Waals surface area (Å²) < 4.78 is 49.6. The van der Waals surface area contributed by atoms with Crippen molar-refractivity contribution in [3.8, 4) is 0 Å². The molecule has 0 heterocycles. The zero-order valence-corrected chi connectivity index (χ0v) is 50.5. The van der Waals surface area contributed by atoms with Crippen molar-refractivity contribution in [2.75, 3.05) is 178 Å². The molecule has 0 saturated heterocycles. The maximum atomic E-state index is 12.9. The van der Waals surface area contributed by atoms with Crippen LogP contribution in [0.5, 0.6) is 0 Å². The smallest absolute Gasteiger partial charge is 0.244 e. The van der Waals surface area contributed by atoms with Gasteiger partial charge in [-0.25, -0.2) is 9.78 Å². The highest BCUT2D eigenvalue weighted by Gasteiger charge is 2.25. The number of hydrogen-bond acceptors (Lipinski definition) is 23. The van der Waals surface area contributed by atoms with Crippen molar-refractivity contribution in [2.45, 2.75) is 140 Å². The van der Waals surface area contributed by atoms with E-state index in [1.54, 1.807) is 0 Å². The zero-order chi connectivity index (χ0) is 61.6. The summed E-state index contributed by atoms with van der Waals surface area (Å²) >= 11 is 0. The predicted molar refractivity (Wildman–Crippen MR) is 316 cm³/mol. The van der Waals surface area contributed by atoms with E-state index in [0.717, 1.165) is 51.4 Å². The number of nitrogens with two attached hydrogens (primary N) is 6. The molecule has 0 radical (unpaired) electrons. The van der Waals surface area contributed by atoms with Crippen LogP contribution in [-0.2, 0) is 81.2 Å². The molecule has 18 N–H and O–H groups in total. The number of unbranched alkanes of at least 4 members (excludes halogenated alkanes) is 5. The predicted octanol–water partition coefficient (Wildman–Crippen LogP) is -2.01. The van der Waals surface area contributed by atoms with Gasteiger partial charge in [-0.05, 0) is 103 Å². The first kappa shape index (κ1) is 80.1. The maximum Gasteiger partial charge on any atom is 0.244 e. The maximum absolute atomic E-state index is 12.9. The van der Waals surface area contributed by atoms with E-state index >= 15 is 0 Å². The zero-order valence-electron chi connectivity index (χ0n) is 50.5. The standard InChI is InChI=1S/C55H112N12O17/c56-19-6-1-2-15-48(66-52(70)46(60)13-3-7-20-57)54(72)64-25-12-28-76-32-36-78-35-31-74-26-10-23-62-50(68)17-29-77-34-38-79-39-40-81-43-44-84-83-30-18-51(69)63-24-11-27-75-33-37-80-41-42-82-45-65-55(73)49(16-5-9-22-59)67-53(71)47(61)14-4-8-21-58/h46-49H,1-45,56-61H2,(H,62,68)(H,63,69)(H,64,72)(H,65,73)(H,66,70)(H,67,71)/t46-,47-,48-,49-/m0/s1. The van der Waals surface area contributed by atoms with Gasteiger partial charge < -0.3 is 109 Å². The van der Waals surface area contributed by atoms with Crippen LogP contribution >= 0.6 is 0 Å². The first-order chi connectivity index (χ1) is 41.0. The fourth-order valence-electron chi connectivity index (χ4n) is 7.38. The van der Waals surface area contributed by atoms with Gasteiger partial charge in [-0.3, -0.25) is 28.8 Å². The lowest BCUT2D eigenvalue weighted by molar-refractivity contribution is -0.298. The monoisotopic (exact) mass is 1210 g/mol. The number of carbonyl (C=O) groups excluding carboxylic acids is 6. The molecule has 4 atom stereocenters. The SMILES string of the molecule is NCCCCC[C@H](NC(=O)[C@@H](N)CCCCN)C(=O)NCCCOCCOCCOCCCNC(=O)CCOCCOCCOCCOOCCC(=O)NCCCOCCOCCOCNC(=O)[C@H](CCCCN)NC(=O)[C@@H](N)CCCCN. The number of amides is 6.